The van der Waals surface area contributed by atoms with E-state index in [1.165, 1.54) is 6.42 Å². The van der Waals surface area contributed by atoms with E-state index < -0.39 is 11.9 Å². The Morgan fingerprint density at radius 3 is 2.71 bits per heavy atom. The molecule has 14 heavy (non-hydrogen) atoms. The molecule has 2 rings (SSSR count). The number of aliphatic carboxylic acids is 1. The van der Waals surface area contributed by atoms with Crippen molar-refractivity contribution in [3.63, 3.8) is 0 Å². The summed E-state index contributed by atoms with van der Waals surface area (Å²) in [7, 11) is 0. The lowest BCUT2D eigenvalue weighted by Gasteiger charge is -2.15. The smallest absolute Gasteiger partial charge is 0.308 e. The first-order valence-corrected chi connectivity index (χ1v) is 5.08. The Hall–Kier alpha value is -1.06. The van der Waals surface area contributed by atoms with Gasteiger partial charge in [0.2, 0.25) is 5.91 Å². The minimum absolute atomic E-state index is 0.0106. The Balaban J connectivity index is 1.88. The molecule has 1 saturated heterocycles. The average Bonchev–Trinajstić information content (AvgIpc) is 2.64. The molecular weight excluding hydrogens is 182 g/mol. The van der Waals surface area contributed by atoms with Gasteiger partial charge in [0.1, 0.15) is 0 Å². The van der Waals surface area contributed by atoms with E-state index in [-0.39, 0.29) is 12.3 Å². The highest BCUT2D eigenvalue weighted by Gasteiger charge is 2.40. The van der Waals surface area contributed by atoms with E-state index in [2.05, 4.69) is 6.92 Å². The van der Waals surface area contributed by atoms with Gasteiger partial charge in [-0.2, -0.15) is 0 Å². The van der Waals surface area contributed by atoms with Crippen LogP contribution in [0.5, 0.6) is 0 Å². The third kappa shape index (κ3) is 1.74. The number of carboxylic acid groups (broad SMARTS) is 1. The third-order valence-electron chi connectivity index (χ3n) is 3.29. The van der Waals surface area contributed by atoms with Gasteiger partial charge in [-0.1, -0.05) is 6.92 Å². The summed E-state index contributed by atoms with van der Waals surface area (Å²) in [6.45, 7) is 3.35. The van der Waals surface area contributed by atoms with Crippen LogP contribution in [0.25, 0.3) is 0 Å². The van der Waals surface area contributed by atoms with Crippen LogP contribution in [0.1, 0.15) is 19.8 Å². The van der Waals surface area contributed by atoms with Crippen molar-refractivity contribution in [3.8, 4) is 0 Å². The number of carbonyl (C=O) groups excluding carboxylic acids is 1. The van der Waals surface area contributed by atoms with Gasteiger partial charge in [-0.25, -0.2) is 0 Å². The summed E-state index contributed by atoms with van der Waals surface area (Å²) < 4.78 is 0. The van der Waals surface area contributed by atoms with Crippen molar-refractivity contribution in [3.05, 3.63) is 0 Å². The predicted octanol–water partition coefficient (Wildman–Crippen LogP) is 0.575. The number of hydrogen-bond donors (Lipinski definition) is 1. The molecule has 1 aliphatic carbocycles. The fourth-order valence-corrected chi connectivity index (χ4v) is 2.05. The van der Waals surface area contributed by atoms with Crippen molar-refractivity contribution in [2.24, 2.45) is 17.8 Å². The molecule has 1 N–H and O–H groups in total. The zero-order valence-electron chi connectivity index (χ0n) is 8.27. The molecule has 0 aromatic carbocycles. The average molecular weight is 197 g/mol. The molecule has 0 spiro atoms. The van der Waals surface area contributed by atoms with Crippen LogP contribution in [-0.4, -0.2) is 35.0 Å². The largest absolute Gasteiger partial charge is 0.481 e. The van der Waals surface area contributed by atoms with Crippen molar-refractivity contribution in [2.45, 2.75) is 19.8 Å². The standard InChI is InChI=1S/C10H15NO3/c1-6-2-7(6)4-11-5-8(10(13)14)3-9(11)12/h6-8H,2-5H2,1H3,(H,13,14). The van der Waals surface area contributed by atoms with Gasteiger partial charge in [0.05, 0.1) is 5.92 Å². The van der Waals surface area contributed by atoms with Gasteiger partial charge in [0.25, 0.3) is 0 Å². The van der Waals surface area contributed by atoms with Crippen LogP contribution in [0.3, 0.4) is 0 Å². The van der Waals surface area contributed by atoms with E-state index >= 15 is 0 Å². The number of hydrogen-bond acceptors (Lipinski definition) is 2. The monoisotopic (exact) mass is 197 g/mol. The van der Waals surface area contributed by atoms with E-state index in [0.29, 0.717) is 18.4 Å². The Labute approximate surface area is 82.9 Å². The van der Waals surface area contributed by atoms with E-state index in [1.54, 1.807) is 4.90 Å². The molecule has 78 valence electrons. The van der Waals surface area contributed by atoms with Gasteiger partial charge in [-0.15, -0.1) is 0 Å². The minimum atomic E-state index is -0.843. The number of carboxylic acids is 1. The first kappa shape index (κ1) is 9.49. The summed E-state index contributed by atoms with van der Waals surface area (Å²) >= 11 is 0. The molecule has 4 heteroatoms. The normalized spacial score (nSPS) is 36.2. The van der Waals surface area contributed by atoms with Crippen molar-refractivity contribution in [2.75, 3.05) is 13.1 Å². The maximum Gasteiger partial charge on any atom is 0.308 e. The number of rotatable bonds is 3. The Bertz CT molecular complexity index is 277. The molecule has 1 heterocycles. The highest BCUT2D eigenvalue weighted by atomic mass is 16.4. The molecule has 0 aromatic heterocycles. The molecule has 3 atom stereocenters. The molecule has 1 amide bonds. The number of carbonyl (C=O) groups is 2. The van der Waals surface area contributed by atoms with Gasteiger partial charge in [0, 0.05) is 19.5 Å². The van der Waals surface area contributed by atoms with Crippen molar-refractivity contribution in [1.29, 1.82) is 0 Å². The zero-order chi connectivity index (χ0) is 10.3. The molecule has 0 bridgehead atoms. The summed E-state index contributed by atoms with van der Waals surface area (Å²) in [5.41, 5.74) is 0. The maximum atomic E-state index is 11.4. The SMILES string of the molecule is CC1CC1CN1CC(C(=O)O)CC1=O. The molecule has 1 saturated carbocycles. The lowest BCUT2D eigenvalue weighted by atomic mass is 10.1. The zero-order valence-corrected chi connectivity index (χ0v) is 8.27. The topological polar surface area (TPSA) is 57.6 Å². The van der Waals surface area contributed by atoms with Gasteiger partial charge in [-0.3, -0.25) is 9.59 Å². The van der Waals surface area contributed by atoms with E-state index in [0.717, 1.165) is 6.54 Å². The summed E-state index contributed by atoms with van der Waals surface area (Å²) in [6.07, 6.45) is 1.37. The van der Waals surface area contributed by atoms with Crippen LogP contribution in [0.4, 0.5) is 0 Å². The van der Waals surface area contributed by atoms with E-state index in [1.807, 2.05) is 0 Å². The Morgan fingerprint density at radius 2 is 2.29 bits per heavy atom. The van der Waals surface area contributed by atoms with Crippen LogP contribution in [0.2, 0.25) is 0 Å². The molecular formula is C10H15NO3. The fourth-order valence-electron chi connectivity index (χ4n) is 2.05. The highest BCUT2D eigenvalue weighted by Crippen LogP contribution is 2.39. The summed E-state index contributed by atoms with van der Waals surface area (Å²) in [5, 5.41) is 8.77. The van der Waals surface area contributed by atoms with Crippen LogP contribution < -0.4 is 0 Å². The fraction of sp³-hybridized carbons (Fsp3) is 0.800. The summed E-state index contributed by atoms with van der Waals surface area (Å²) in [6, 6.07) is 0. The second-order valence-electron chi connectivity index (χ2n) is 4.51. The Morgan fingerprint density at radius 1 is 1.64 bits per heavy atom. The summed E-state index contributed by atoms with van der Waals surface area (Å²) in [5.74, 6) is 0.0240. The van der Waals surface area contributed by atoms with Gasteiger partial charge in [0.15, 0.2) is 0 Å². The second-order valence-corrected chi connectivity index (χ2v) is 4.51. The van der Waals surface area contributed by atoms with Crippen LogP contribution >= 0.6 is 0 Å². The maximum absolute atomic E-state index is 11.4. The molecule has 2 aliphatic rings. The quantitative estimate of drug-likeness (QED) is 0.719. The minimum Gasteiger partial charge on any atom is -0.481 e. The van der Waals surface area contributed by atoms with Crippen LogP contribution in [-0.2, 0) is 9.59 Å². The van der Waals surface area contributed by atoms with Gasteiger partial charge >= 0.3 is 5.97 Å². The third-order valence-corrected chi connectivity index (χ3v) is 3.29. The number of amides is 1. The van der Waals surface area contributed by atoms with E-state index in [4.69, 9.17) is 5.11 Å². The molecule has 0 aromatic rings. The number of likely N-dealkylation sites (tertiary alicyclic amines) is 1. The number of nitrogens with zero attached hydrogens (tertiary/aromatic N) is 1. The second kappa shape index (κ2) is 3.26. The Kier molecular flexibility index (Phi) is 2.21. The van der Waals surface area contributed by atoms with Crippen molar-refractivity contribution >= 4 is 11.9 Å². The van der Waals surface area contributed by atoms with Crippen LogP contribution in [0.15, 0.2) is 0 Å². The first-order chi connectivity index (χ1) is 6.58. The molecule has 4 nitrogen and oxygen atoms in total. The van der Waals surface area contributed by atoms with Gasteiger partial charge < -0.3 is 10.0 Å². The van der Waals surface area contributed by atoms with E-state index in [9.17, 15) is 9.59 Å². The van der Waals surface area contributed by atoms with Crippen LogP contribution in [0, 0.1) is 17.8 Å². The lowest BCUT2D eigenvalue weighted by Crippen LogP contribution is -2.28. The molecule has 2 fully saturated rings. The van der Waals surface area contributed by atoms with Gasteiger partial charge in [-0.05, 0) is 18.3 Å². The molecule has 0 radical (unpaired) electrons. The molecule has 1 aliphatic heterocycles. The lowest BCUT2D eigenvalue weighted by molar-refractivity contribution is -0.141. The predicted molar refractivity (Wildman–Crippen MR) is 49.6 cm³/mol. The summed E-state index contributed by atoms with van der Waals surface area (Å²) in [4.78, 5) is 23.8. The molecule has 3 unspecified atom stereocenters. The van der Waals surface area contributed by atoms with Crippen molar-refractivity contribution < 1.29 is 14.7 Å². The highest BCUT2D eigenvalue weighted by molar-refractivity contribution is 5.86. The first-order valence-electron chi connectivity index (χ1n) is 5.08. The van der Waals surface area contributed by atoms with Crippen molar-refractivity contribution in [1.82, 2.24) is 4.90 Å².